The summed E-state index contributed by atoms with van der Waals surface area (Å²) in [6.07, 6.45) is 6.59. The highest BCUT2D eigenvalue weighted by Crippen LogP contribution is 2.36. The third kappa shape index (κ3) is 6.72. The second-order valence-corrected chi connectivity index (χ2v) is 12.3. The lowest BCUT2D eigenvalue weighted by Gasteiger charge is -2.30. The fourth-order valence-corrected chi connectivity index (χ4v) is 6.90. The SMILES string of the molecule is Nc1c(C(=O)NC2CCCCC2)nsc1C(=O)N(c1ccc(F)c(Cl)c1)[C@@H](C(=O)NC[C@H]1CCCO1)c1cccs1. The van der Waals surface area contributed by atoms with Gasteiger partial charge < -0.3 is 21.1 Å². The van der Waals surface area contributed by atoms with Crippen LogP contribution in [-0.4, -0.2) is 47.4 Å². The zero-order chi connectivity index (χ0) is 28.9. The number of rotatable bonds is 9. The molecule has 13 heteroatoms. The van der Waals surface area contributed by atoms with E-state index in [1.54, 1.807) is 17.5 Å². The van der Waals surface area contributed by atoms with Crippen molar-refractivity contribution in [3.05, 3.63) is 62.0 Å². The number of nitrogens with two attached hydrogens (primary N) is 1. The number of amides is 3. The summed E-state index contributed by atoms with van der Waals surface area (Å²) in [5.74, 6) is -2.22. The number of nitrogens with one attached hydrogen (secondary N) is 2. The molecule has 1 saturated heterocycles. The third-order valence-electron chi connectivity index (χ3n) is 7.33. The van der Waals surface area contributed by atoms with Crippen molar-refractivity contribution in [1.29, 1.82) is 0 Å². The number of ether oxygens (including phenoxy) is 1. The summed E-state index contributed by atoms with van der Waals surface area (Å²) in [5, 5.41) is 7.47. The van der Waals surface area contributed by atoms with Gasteiger partial charge in [-0.25, -0.2) is 4.39 Å². The van der Waals surface area contributed by atoms with Gasteiger partial charge in [-0.15, -0.1) is 11.3 Å². The van der Waals surface area contributed by atoms with E-state index < -0.39 is 29.6 Å². The van der Waals surface area contributed by atoms with Gasteiger partial charge in [0.2, 0.25) is 5.91 Å². The van der Waals surface area contributed by atoms with Gasteiger partial charge in [-0.2, -0.15) is 4.37 Å². The molecular formula is C28H31ClFN5O4S2. The smallest absolute Gasteiger partial charge is 0.273 e. The van der Waals surface area contributed by atoms with E-state index in [4.69, 9.17) is 22.1 Å². The lowest BCUT2D eigenvalue weighted by Crippen LogP contribution is -2.45. The minimum atomic E-state index is -1.13. The number of nitrogens with zero attached hydrogens (tertiary/aromatic N) is 2. The van der Waals surface area contributed by atoms with E-state index in [0.29, 0.717) is 11.5 Å². The molecule has 0 bridgehead atoms. The highest BCUT2D eigenvalue weighted by molar-refractivity contribution is 7.10. The van der Waals surface area contributed by atoms with Crippen molar-refractivity contribution in [3.8, 4) is 0 Å². The van der Waals surface area contributed by atoms with E-state index in [-0.39, 0.29) is 45.7 Å². The third-order valence-corrected chi connectivity index (χ3v) is 9.39. The first-order valence-corrected chi connectivity index (χ1v) is 15.6. The minimum Gasteiger partial charge on any atom is -0.395 e. The van der Waals surface area contributed by atoms with Crippen LogP contribution in [0.5, 0.6) is 0 Å². The average Bonchev–Trinajstić information content (AvgIpc) is 3.75. The molecule has 0 unspecified atom stereocenters. The average molecular weight is 620 g/mol. The first-order valence-electron chi connectivity index (χ1n) is 13.6. The number of nitrogen functional groups attached to an aromatic ring is 1. The summed E-state index contributed by atoms with van der Waals surface area (Å²) in [6.45, 7) is 0.913. The normalized spacial score (nSPS) is 18.1. The molecular weight excluding hydrogens is 589 g/mol. The second-order valence-electron chi connectivity index (χ2n) is 10.2. The van der Waals surface area contributed by atoms with Gasteiger partial charge in [0, 0.05) is 29.8 Å². The van der Waals surface area contributed by atoms with Crippen molar-refractivity contribution in [3.63, 3.8) is 0 Å². The van der Waals surface area contributed by atoms with Gasteiger partial charge in [0.05, 0.1) is 16.8 Å². The minimum absolute atomic E-state index is 0.00674. The van der Waals surface area contributed by atoms with Gasteiger partial charge in [-0.05, 0) is 66.9 Å². The Morgan fingerprint density at radius 3 is 2.66 bits per heavy atom. The van der Waals surface area contributed by atoms with Crippen LogP contribution in [0.3, 0.4) is 0 Å². The number of carbonyl (C=O) groups is 3. The molecule has 41 heavy (non-hydrogen) atoms. The molecule has 2 atom stereocenters. The second kappa shape index (κ2) is 13.3. The lowest BCUT2D eigenvalue weighted by molar-refractivity contribution is -0.122. The molecule has 3 aromatic rings. The van der Waals surface area contributed by atoms with Gasteiger partial charge in [-0.3, -0.25) is 19.3 Å². The summed E-state index contributed by atoms with van der Waals surface area (Å²) in [4.78, 5) is 42.8. The van der Waals surface area contributed by atoms with E-state index >= 15 is 0 Å². The standard InChI is InChI=1S/C28H31ClFN5O4S2/c29-19-14-17(10-11-20(19)30)35(24(21-9-5-13-40-21)27(37)32-15-18-8-4-12-39-18)28(38)25-22(31)23(34-41-25)26(36)33-16-6-2-1-3-7-16/h5,9-11,13-14,16,18,24H,1-4,6-8,12,15,31H2,(H,32,37)(H,33,36)/t18-,24-/m1/s1. The molecule has 1 aliphatic carbocycles. The molecule has 9 nitrogen and oxygen atoms in total. The van der Waals surface area contributed by atoms with Gasteiger partial charge in [0.25, 0.3) is 11.8 Å². The molecule has 1 aromatic carbocycles. The van der Waals surface area contributed by atoms with Crippen LogP contribution in [0.2, 0.25) is 5.02 Å². The maximum atomic E-state index is 14.2. The van der Waals surface area contributed by atoms with E-state index in [9.17, 15) is 18.8 Å². The van der Waals surface area contributed by atoms with Crippen molar-refractivity contribution in [2.75, 3.05) is 23.8 Å². The zero-order valence-corrected chi connectivity index (χ0v) is 24.6. The van der Waals surface area contributed by atoms with Crippen LogP contribution < -0.4 is 21.3 Å². The van der Waals surface area contributed by atoms with Crippen molar-refractivity contribution in [2.45, 2.75) is 63.1 Å². The summed E-state index contributed by atoms with van der Waals surface area (Å²) in [7, 11) is 0. The molecule has 3 amide bonds. The van der Waals surface area contributed by atoms with Crippen molar-refractivity contribution in [2.24, 2.45) is 0 Å². The molecule has 1 saturated carbocycles. The Morgan fingerprint density at radius 1 is 1.17 bits per heavy atom. The molecule has 2 fully saturated rings. The molecule has 0 radical (unpaired) electrons. The molecule has 3 heterocycles. The van der Waals surface area contributed by atoms with Gasteiger partial charge >= 0.3 is 0 Å². The maximum Gasteiger partial charge on any atom is 0.273 e. The van der Waals surface area contributed by atoms with Crippen LogP contribution in [0.25, 0.3) is 0 Å². The Kier molecular flexibility index (Phi) is 9.53. The lowest BCUT2D eigenvalue weighted by atomic mass is 9.95. The number of anilines is 2. The van der Waals surface area contributed by atoms with Gasteiger partial charge in [-0.1, -0.05) is 36.9 Å². The fourth-order valence-electron chi connectivity index (χ4n) is 5.18. The molecule has 0 spiro atoms. The number of hydrogen-bond acceptors (Lipinski definition) is 8. The summed E-state index contributed by atoms with van der Waals surface area (Å²) < 4.78 is 24.0. The Bertz CT molecular complexity index is 1390. The van der Waals surface area contributed by atoms with Crippen molar-refractivity contribution < 1.29 is 23.5 Å². The largest absolute Gasteiger partial charge is 0.395 e. The molecule has 2 aromatic heterocycles. The van der Waals surface area contributed by atoms with Crippen LogP contribution in [0.15, 0.2) is 35.7 Å². The van der Waals surface area contributed by atoms with Crippen LogP contribution in [0, 0.1) is 5.82 Å². The van der Waals surface area contributed by atoms with Crippen LogP contribution >= 0.6 is 34.5 Å². The first-order chi connectivity index (χ1) is 19.8. The van der Waals surface area contributed by atoms with Crippen LogP contribution in [-0.2, 0) is 9.53 Å². The maximum absolute atomic E-state index is 14.2. The number of hydrogen-bond donors (Lipinski definition) is 3. The van der Waals surface area contributed by atoms with Crippen LogP contribution in [0.4, 0.5) is 15.8 Å². The molecule has 2 aliphatic rings. The number of thiophene rings is 1. The molecule has 4 N–H and O–H groups in total. The van der Waals surface area contributed by atoms with Gasteiger partial charge in [0.15, 0.2) is 11.7 Å². The van der Waals surface area contributed by atoms with Gasteiger partial charge in [0.1, 0.15) is 10.7 Å². The quantitative estimate of drug-likeness (QED) is 0.297. The monoisotopic (exact) mass is 619 g/mol. The highest BCUT2D eigenvalue weighted by atomic mass is 35.5. The van der Waals surface area contributed by atoms with Crippen LogP contribution in [0.1, 0.15) is 76.0 Å². The topological polar surface area (TPSA) is 127 Å². The molecule has 1 aliphatic heterocycles. The van der Waals surface area contributed by atoms with Crippen molar-refractivity contribution >= 4 is 63.6 Å². The molecule has 5 rings (SSSR count). The Labute approximate surface area is 250 Å². The van der Waals surface area contributed by atoms with E-state index in [2.05, 4.69) is 15.0 Å². The number of benzene rings is 1. The Hall–Kier alpha value is -3.06. The Morgan fingerprint density at radius 2 is 1.98 bits per heavy atom. The zero-order valence-electron chi connectivity index (χ0n) is 22.2. The van der Waals surface area contributed by atoms with E-state index in [1.165, 1.54) is 28.4 Å². The van der Waals surface area contributed by atoms with E-state index in [1.807, 2.05) is 0 Å². The number of halogens is 2. The fraction of sp³-hybridized carbons (Fsp3) is 0.429. The summed E-state index contributed by atoms with van der Waals surface area (Å²) in [5.41, 5.74) is 6.44. The highest BCUT2D eigenvalue weighted by Gasteiger charge is 2.37. The van der Waals surface area contributed by atoms with Crippen molar-refractivity contribution in [1.82, 2.24) is 15.0 Å². The predicted octanol–water partition coefficient (Wildman–Crippen LogP) is 5.33. The Balaban J connectivity index is 1.49. The number of aromatic nitrogens is 1. The summed E-state index contributed by atoms with van der Waals surface area (Å²) in [6, 6.07) is 6.21. The van der Waals surface area contributed by atoms with E-state index in [0.717, 1.165) is 62.5 Å². The molecule has 218 valence electrons. The first kappa shape index (κ1) is 29.4. The summed E-state index contributed by atoms with van der Waals surface area (Å²) >= 11 is 8.20. The predicted molar refractivity (Wildman–Crippen MR) is 158 cm³/mol. The number of carbonyl (C=O) groups excluding carboxylic acids is 3.